The lowest BCUT2D eigenvalue weighted by Gasteiger charge is -2.56. The van der Waals surface area contributed by atoms with Gasteiger partial charge in [-0.05, 0) is 37.1 Å². The van der Waals surface area contributed by atoms with Crippen molar-refractivity contribution in [1.82, 2.24) is 4.90 Å². The largest absolute Gasteiger partial charge is 0.380 e. The number of ether oxygens (including phenoxy) is 1. The van der Waals surface area contributed by atoms with Crippen LogP contribution < -0.4 is 5.32 Å². The zero-order valence-electron chi connectivity index (χ0n) is 14.1. The van der Waals surface area contributed by atoms with Gasteiger partial charge in [-0.2, -0.15) is 5.26 Å². The number of amides is 1. The zero-order valence-corrected chi connectivity index (χ0v) is 14.8. The Morgan fingerprint density at radius 2 is 2.00 bits per heavy atom. The van der Waals surface area contributed by atoms with Gasteiger partial charge in [-0.25, -0.2) is 0 Å². The van der Waals surface area contributed by atoms with Crippen molar-refractivity contribution in [2.45, 2.75) is 25.3 Å². The lowest BCUT2D eigenvalue weighted by Crippen LogP contribution is -2.68. The fourth-order valence-corrected chi connectivity index (χ4v) is 4.41. The average Bonchev–Trinajstić information content (AvgIpc) is 2.54. The highest BCUT2D eigenvalue weighted by atomic mass is 35.5. The molecule has 1 aromatic carbocycles. The fourth-order valence-electron chi connectivity index (χ4n) is 4.29. The highest BCUT2D eigenvalue weighted by Crippen LogP contribution is 2.40. The number of anilines is 1. The minimum Gasteiger partial charge on any atom is -0.380 e. The van der Waals surface area contributed by atoms with Crippen molar-refractivity contribution >= 4 is 23.2 Å². The first-order valence-electron chi connectivity index (χ1n) is 8.88. The van der Waals surface area contributed by atoms with E-state index in [1.807, 2.05) is 29.2 Å². The van der Waals surface area contributed by atoms with Gasteiger partial charge in [0.05, 0.1) is 42.6 Å². The first-order valence-corrected chi connectivity index (χ1v) is 9.26. The lowest BCUT2D eigenvalue weighted by atomic mass is 9.73. The van der Waals surface area contributed by atoms with Crippen molar-refractivity contribution in [3.05, 3.63) is 29.3 Å². The molecular formula is C19H22ClN3O2. The molecule has 1 aliphatic carbocycles. The van der Waals surface area contributed by atoms with Crippen molar-refractivity contribution in [1.29, 1.82) is 5.26 Å². The van der Waals surface area contributed by atoms with E-state index in [2.05, 4.69) is 11.4 Å². The number of rotatable bonds is 3. The van der Waals surface area contributed by atoms with Gasteiger partial charge in [0.25, 0.3) is 0 Å². The third kappa shape index (κ3) is 3.09. The van der Waals surface area contributed by atoms with Crippen LogP contribution in [0.25, 0.3) is 0 Å². The second kappa shape index (κ2) is 6.51. The van der Waals surface area contributed by atoms with Gasteiger partial charge in [0.1, 0.15) is 0 Å². The number of benzene rings is 1. The molecule has 2 heterocycles. The van der Waals surface area contributed by atoms with E-state index in [0.717, 1.165) is 51.3 Å². The molecule has 4 rings (SSSR count). The quantitative estimate of drug-likeness (QED) is 0.901. The number of likely N-dealkylation sites (tertiary alicyclic amines) is 1. The smallest absolute Gasteiger partial charge is 0.227 e. The summed E-state index contributed by atoms with van der Waals surface area (Å²) in [4.78, 5) is 15.0. The van der Waals surface area contributed by atoms with E-state index in [9.17, 15) is 10.1 Å². The topological polar surface area (TPSA) is 65.4 Å². The zero-order chi connectivity index (χ0) is 17.4. The SMILES string of the molecule is N#CC1CCCC(C(=O)N2CC3(COC3)C2)C1Nc1ccc(Cl)cc1. The molecule has 3 atom stereocenters. The van der Waals surface area contributed by atoms with E-state index in [1.54, 1.807) is 0 Å². The Hall–Kier alpha value is -1.77. The summed E-state index contributed by atoms with van der Waals surface area (Å²) in [5, 5.41) is 13.7. The highest BCUT2D eigenvalue weighted by Gasteiger charge is 2.52. The van der Waals surface area contributed by atoms with E-state index in [4.69, 9.17) is 16.3 Å². The van der Waals surface area contributed by atoms with Crippen LogP contribution in [-0.4, -0.2) is 43.2 Å². The molecule has 3 fully saturated rings. The molecule has 1 saturated carbocycles. The normalized spacial score (nSPS) is 30.1. The molecule has 132 valence electrons. The van der Waals surface area contributed by atoms with Crippen LogP contribution in [0, 0.1) is 28.6 Å². The first kappa shape index (κ1) is 16.7. The number of halogens is 1. The Kier molecular flexibility index (Phi) is 4.35. The number of nitrogens with zero attached hydrogens (tertiary/aromatic N) is 2. The predicted molar refractivity (Wildman–Crippen MR) is 95.1 cm³/mol. The molecular weight excluding hydrogens is 338 g/mol. The number of nitrogens with one attached hydrogen (secondary N) is 1. The molecule has 1 spiro atoms. The Morgan fingerprint density at radius 1 is 1.28 bits per heavy atom. The Balaban J connectivity index is 1.48. The third-order valence-electron chi connectivity index (χ3n) is 5.74. The first-order chi connectivity index (χ1) is 12.1. The number of carbonyl (C=O) groups is 1. The van der Waals surface area contributed by atoms with Gasteiger partial charge < -0.3 is 15.0 Å². The molecule has 0 aromatic heterocycles. The maximum absolute atomic E-state index is 13.0. The van der Waals surface area contributed by atoms with Gasteiger partial charge in [0.2, 0.25) is 5.91 Å². The minimum absolute atomic E-state index is 0.146. The van der Waals surface area contributed by atoms with Crippen molar-refractivity contribution < 1.29 is 9.53 Å². The summed E-state index contributed by atoms with van der Waals surface area (Å²) in [5.74, 6) is -0.114. The molecule has 1 amide bonds. The van der Waals surface area contributed by atoms with E-state index in [0.29, 0.717) is 5.02 Å². The van der Waals surface area contributed by atoms with Gasteiger partial charge in [-0.15, -0.1) is 0 Å². The second-order valence-corrected chi connectivity index (χ2v) is 8.07. The van der Waals surface area contributed by atoms with E-state index in [1.165, 1.54) is 0 Å². The fraction of sp³-hybridized carbons (Fsp3) is 0.579. The van der Waals surface area contributed by atoms with Crippen LogP contribution in [-0.2, 0) is 9.53 Å². The Morgan fingerprint density at radius 3 is 2.60 bits per heavy atom. The highest BCUT2D eigenvalue weighted by molar-refractivity contribution is 6.30. The van der Waals surface area contributed by atoms with Crippen LogP contribution in [0.2, 0.25) is 5.02 Å². The molecule has 2 saturated heterocycles. The van der Waals surface area contributed by atoms with Gasteiger partial charge in [0, 0.05) is 23.8 Å². The van der Waals surface area contributed by atoms with Crippen LogP contribution in [0.4, 0.5) is 5.69 Å². The van der Waals surface area contributed by atoms with E-state index >= 15 is 0 Å². The van der Waals surface area contributed by atoms with Crippen molar-refractivity contribution in [3.63, 3.8) is 0 Å². The molecule has 25 heavy (non-hydrogen) atoms. The molecule has 5 nitrogen and oxygen atoms in total. The van der Waals surface area contributed by atoms with E-state index in [-0.39, 0.29) is 29.2 Å². The molecule has 1 N–H and O–H groups in total. The number of hydrogen-bond acceptors (Lipinski definition) is 4. The number of carbonyl (C=O) groups excluding carboxylic acids is 1. The lowest BCUT2D eigenvalue weighted by molar-refractivity contribution is -0.198. The summed E-state index contributed by atoms with van der Waals surface area (Å²) in [5.41, 5.74) is 1.12. The Bertz CT molecular complexity index is 688. The summed E-state index contributed by atoms with van der Waals surface area (Å²) < 4.78 is 5.29. The summed E-state index contributed by atoms with van der Waals surface area (Å²) in [6.07, 6.45) is 2.60. The number of hydrogen-bond donors (Lipinski definition) is 1. The summed E-state index contributed by atoms with van der Waals surface area (Å²) in [6.45, 7) is 3.14. The summed E-state index contributed by atoms with van der Waals surface area (Å²) in [7, 11) is 0. The van der Waals surface area contributed by atoms with Crippen molar-refractivity contribution in [2.24, 2.45) is 17.3 Å². The van der Waals surface area contributed by atoms with Crippen LogP contribution in [0.15, 0.2) is 24.3 Å². The molecule has 3 unspecified atom stereocenters. The summed E-state index contributed by atoms with van der Waals surface area (Å²) in [6, 6.07) is 9.69. The van der Waals surface area contributed by atoms with Crippen LogP contribution in [0.5, 0.6) is 0 Å². The van der Waals surface area contributed by atoms with Crippen LogP contribution >= 0.6 is 11.6 Å². The third-order valence-corrected chi connectivity index (χ3v) is 5.99. The Labute approximate surface area is 152 Å². The molecule has 3 aliphatic rings. The maximum atomic E-state index is 13.0. The molecule has 1 aromatic rings. The van der Waals surface area contributed by atoms with E-state index < -0.39 is 0 Å². The van der Waals surface area contributed by atoms with Gasteiger partial charge in [0.15, 0.2) is 0 Å². The molecule has 0 bridgehead atoms. The standard InChI is InChI=1S/C19H22ClN3O2/c20-14-4-6-15(7-5-14)22-17-13(8-21)2-1-3-16(17)18(24)23-9-19(10-23)11-25-12-19/h4-7,13,16-17,22H,1-3,9-12H2. The van der Waals surface area contributed by atoms with Gasteiger partial charge in [-0.1, -0.05) is 18.0 Å². The minimum atomic E-state index is -0.152. The summed E-state index contributed by atoms with van der Waals surface area (Å²) >= 11 is 5.95. The van der Waals surface area contributed by atoms with Crippen LogP contribution in [0.3, 0.4) is 0 Å². The monoisotopic (exact) mass is 359 g/mol. The van der Waals surface area contributed by atoms with Crippen LogP contribution in [0.1, 0.15) is 19.3 Å². The van der Waals surface area contributed by atoms with Gasteiger partial charge >= 0.3 is 0 Å². The predicted octanol–water partition coefficient (Wildman–Crippen LogP) is 2.92. The maximum Gasteiger partial charge on any atom is 0.227 e. The average molecular weight is 360 g/mol. The van der Waals surface area contributed by atoms with Crippen molar-refractivity contribution in [2.75, 3.05) is 31.6 Å². The molecule has 0 radical (unpaired) electrons. The van der Waals surface area contributed by atoms with Gasteiger partial charge in [-0.3, -0.25) is 4.79 Å². The molecule has 6 heteroatoms. The molecule has 2 aliphatic heterocycles. The number of nitriles is 1. The second-order valence-electron chi connectivity index (χ2n) is 7.64. The van der Waals surface area contributed by atoms with Crippen molar-refractivity contribution in [3.8, 4) is 6.07 Å².